The molecule has 3 rings (SSSR count). The summed E-state index contributed by atoms with van der Waals surface area (Å²) in [6.07, 6.45) is -0.106. The molecule has 3 aromatic rings. The van der Waals surface area contributed by atoms with Gasteiger partial charge in [-0.15, -0.1) is 0 Å². The molecule has 0 unspecified atom stereocenters. The van der Waals surface area contributed by atoms with E-state index >= 15 is 0 Å². The van der Waals surface area contributed by atoms with Crippen molar-refractivity contribution in [3.8, 4) is 5.75 Å². The predicted octanol–water partition coefficient (Wildman–Crippen LogP) is 4.01. The second-order valence-corrected chi connectivity index (χ2v) is 6.59. The largest absolute Gasteiger partial charge is 0.488 e. The van der Waals surface area contributed by atoms with Gasteiger partial charge in [-0.2, -0.15) is 0 Å². The Labute approximate surface area is 157 Å². The second-order valence-electron chi connectivity index (χ2n) is 6.59. The number of ether oxygens (including phenoxy) is 2. The van der Waals surface area contributed by atoms with E-state index in [1.165, 1.54) is 12.7 Å². The first-order valence-corrected chi connectivity index (χ1v) is 8.71. The van der Waals surface area contributed by atoms with Crippen molar-refractivity contribution < 1.29 is 18.7 Å². The molecule has 0 aliphatic carbocycles. The minimum absolute atomic E-state index is 0.106. The van der Waals surface area contributed by atoms with Crippen LogP contribution in [0, 0.1) is 20.8 Å². The topological polar surface area (TPSA) is 65.7 Å². The summed E-state index contributed by atoms with van der Waals surface area (Å²) in [7, 11) is 1.29. The van der Waals surface area contributed by atoms with Crippen LogP contribution < -0.4 is 10.4 Å². The van der Waals surface area contributed by atoms with Crippen molar-refractivity contribution in [2.24, 2.45) is 0 Å². The van der Waals surface area contributed by atoms with Gasteiger partial charge in [-0.25, -0.2) is 4.79 Å². The molecule has 1 heterocycles. The summed E-state index contributed by atoms with van der Waals surface area (Å²) in [5.41, 5.74) is 4.01. The Bertz CT molecular complexity index is 1040. The Morgan fingerprint density at radius 1 is 1.00 bits per heavy atom. The molecular weight excluding hydrogens is 344 g/mol. The lowest BCUT2D eigenvalue weighted by Gasteiger charge is -2.13. The molecule has 0 aliphatic rings. The summed E-state index contributed by atoms with van der Waals surface area (Å²) in [5.74, 6) is 0.186. The maximum atomic E-state index is 12.4. The first-order valence-electron chi connectivity index (χ1n) is 8.71. The number of hydrogen-bond acceptors (Lipinski definition) is 5. The number of aryl methyl sites for hydroxylation is 3. The summed E-state index contributed by atoms with van der Waals surface area (Å²) < 4.78 is 16.1. The number of rotatable bonds is 5. The van der Waals surface area contributed by atoms with E-state index < -0.39 is 11.6 Å². The van der Waals surface area contributed by atoms with E-state index in [0.717, 1.165) is 22.1 Å². The fourth-order valence-corrected chi connectivity index (χ4v) is 2.99. The molecule has 0 bridgehead atoms. The van der Waals surface area contributed by atoms with E-state index in [2.05, 4.69) is 4.74 Å². The van der Waals surface area contributed by atoms with Gasteiger partial charge in [-0.1, -0.05) is 29.8 Å². The molecule has 1 aromatic heterocycles. The van der Waals surface area contributed by atoms with E-state index in [-0.39, 0.29) is 6.42 Å². The molecule has 2 aromatic carbocycles. The number of hydrogen-bond donors (Lipinski definition) is 0. The Balaban J connectivity index is 1.94. The number of benzene rings is 2. The van der Waals surface area contributed by atoms with E-state index in [4.69, 9.17) is 9.15 Å². The zero-order chi connectivity index (χ0) is 19.6. The highest BCUT2D eigenvalue weighted by atomic mass is 16.5. The standard InChI is InChI=1S/C22H22O5/c1-13-5-7-16(8-6-13)12-26-19-10-9-17-14(2)18(11-20(23)25-4)22(24)27-21(17)15(19)3/h5-10H,11-12H2,1-4H3. The SMILES string of the molecule is COC(=O)Cc1c(C)c2ccc(OCc3ccc(C)cc3)c(C)c2oc1=O. The van der Waals surface area contributed by atoms with Crippen molar-refractivity contribution in [1.29, 1.82) is 0 Å². The molecule has 0 saturated heterocycles. The van der Waals surface area contributed by atoms with Gasteiger partial charge in [0.15, 0.2) is 0 Å². The lowest BCUT2D eigenvalue weighted by molar-refractivity contribution is -0.139. The van der Waals surface area contributed by atoms with Gasteiger partial charge in [0.2, 0.25) is 0 Å². The normalized spacial score (nSPS) is 10.8. The maximum absolute atomic E-state index is 12.4. The van der Waals surface area contributed by atoms with Crippen LogP contribution in [-0.4, -0.2) is 13.1 Å². The molecular formula is C22H22O5. The average molecular weight is 366 g/mol. The molecule has 0 spiro atoms. The van der Waals surface area contributed by atoms with Gasteiger partial charge in [-0.3, -0.25) is 4.79 Å². The summed E-state index contributed by atoms with van der Waals surface area (Å²) in [4.78, 5) is 23.9. The van der Waals surface area contributed by atoms with Crippen molar-refractivity contribution in [2.75, 3.05) is 7.11 Å². The van der Waals surface area contributed by atoms with Gasteiger partial charge in [0.05, 0.1) is 19.1 Å². The Morgan fingerprint density at radius 2 is 1.70 bits per heavy atom. The van der Waals surface area contributed by atoms with Crippen LogP contribution in [0.2, 0.25) is 0 Å². The van der Waals surface area contributed by atoms with Crippen LogP contribution in [0.3, 0.4) is 0 Å². The highest BCUT2D eigenvalue weighted by Crippen LogP contribution is 2.30. The van der Waals surface area contributed by atoms with Crippen LogP contribution in [0.25, 0.3) is 11.0 Å². The number of esters is 1. The fourth-order valence-electron chi connectivity index (χ4n) is 2.99. The second kappa shape index (κ2) is 7.66. The van der Waals surface area contributed by atoms with Crippen LogP contribution in [0.5, 0.6) is 5.75 Å². The van der Waals surface area contributed by atoms with Gasteiger partial charge in [0, 0.05) is 10.9 Å². The molecule has 0 N–H and O–H groups in total. The minimum Gasteiger partial charge on any atom is -0.488 e. The number of carbonyl (C=O) groups excluding carboxylic acids is 1. The Hall–Kier alpha value is -3.08. The fraction of sp³-hybridized carbons (Fsp3) is 0.273. The molecule has 27 heavy (non-hydrogen) atoms. The number of methoxy groups -OCH3 is 1. The predicted molar refractivity (Wildman–Crippen MR) is 103 cm³/mol. The summed E-state index contributed by atoms with van der Waals surface area (Å²) in [5, 5.41) is 0.786. The van der Waals surface area contributed by atoms with Crippen LogP contribution in [0.1, 0.15) is 27.8 Å². The van der Waals surface area contributed by atoms with Gasteiger partial charge >= 0.3 is 11.6 Å². The van der Waals surface area contributed by atoms with E-state index in [1.54, 1.807) is 0 Å². The molecule has 0 radical (unpaired) electrons. The highest BCUT2D eigenvalue weighted by molar-refractivity contribution is 5.86. The molecule has 0 saturated carbocycles. The van der Waals surface area contributed by atoms with E-state index in [0.29, 0.717) is 23.5 Å². The molecule has 0 amide bonds. The lowest BCUT2D eigenvalue weighted by Crippen LogP contribution is -2.16. The lowest BCUT2D eigenvalue weighted by atomic mass is 10.0. The zero-order valence-corrected chi connectivity index (χ0v) is 15.9. The zero-order valence-electron chi connectivity index (χ0n) is 15.9. The van der Waals surface area contributed by atoms with Gasteiger partial charge in [-0.05, 0) is 44.0 Å². The maximum Gasteiger partial charge on any atom is 0.340 e. The van der Waals surface area contributed by atoms with Crippen molar-refractivity contribution in [2.45, 2.75) is 33.8 Å². The van der Waals surface area contributed by atoms with Crippen molar-refractivity contribution in [1.82, 2.24) is 0 Å². The van der Waals surface area contributed by atoms with Crippen LogP contribution in [0.4, 0.5) is 0 Å². The van der Waals surface area contributed by atoms with Crippen molar-refractivity contribution in [3.05, 3.63) is 74.6 Å². The van der Waals surface area contributed by atoms with E-state index in [9.17, 15) is 9.59 Å². The van der Waals surface area contributed by atoms with Crippen molar-refractivity contribution >= 4 is 16.9 Å². The van der Waals surface area contributed by atoms with Gasteiger partial charge < -0.3 is 13.9 Å². The monoisotopic (exact) mass is 366 g/mol. The van der Waals surface area contributed by atoms with Gasteiger partial charge in [0.25, 0.3) is 0 Å². The summed E-state index contributed by atoms with van der Waals surface area (Å²) in [6, 6.07) is 11.8. The van der Waals surface area contributed by atoms with Crippen molar-refractivity contribution in [3.63, 3.8) is 0 Å². The molecule has 0 fully saturated rings. The van der Waals surface area contributed by atoms with E-state index in [1.807, 2.05) is 57.2 Å². The molecule has 0 atom stereocenters. The molecule has 0 aliphatic heterocycles. The first-order chi connectivity index (χ1) is 12.9. The third-order valence-electron chi connectivity index (χ3n) is 4.72. The third-order valence-corrected chi connectivity index (χ3v) is 4.72. The third kappa shape index (κ3) is 3.87. The first kappa shape index (κ1) is 18.7. The average Bonchev–Trinajstić information content (AvgIpc) is 2.66. The Morgan fingerprint density at radius 3 is 2.37 bits per heavy atom. The quantitative estimate of drug-likeness (QED) is 0.504. The molecule has 5 nitrogen and oxygen atoms in total. The van der Waals surface area contributed by atoms with Crippen LogP contribution in [0.15, 0.2) is 45.6 Å². The Kier molecular flexibility index (Phi) is 5.31. The van der Waals surface area contributed by atoms with Gasteiger partial charge in [0.1, 0.15) is 17.9 Å². The number of carbonyl (C=O) groups is 1. The van der Waals surface area contributed by atoms with Crippen LogP contribution in [-0.2, 0) is 22.6 Å². The number of fused-ring (bicyclic) bond motifs is 1. The summed E-state index contributed by atoms with van der Waals surface area (Å²) in [6.45, 7) is 6.13. The molecule has 140 valence electrons. The smallest absolute Gasteiger partial charge is 0.340 e. The minimum atomic E-state index is -0.524. The summed E-state index contributed by atoms with van der Waals surface area (Å²) >= 11 is 0. The highest BCUT2D eigenvalue weighted by Gasteiger charge is 2.17. The van der Waals surface area contributed by atoms with Crippen LogP contribution >= 0.6 is 0 Å². The molecule has 5 heteroatoms.